The summed E-state index contributed by atoms with van der Waals surface area (Å²) in [4.78, 5) is 41.2. The average Bonchev–Trinajstić information content (AvgIpc) is 3.31. The Bertz CT molecular complexity index is 1400. The number of hydrogen-bond donors (Lipinski definition) is 2. The number of phosphoric acid groups is 1. The number of alkyl halides is 2. The molecule has 1 aromatic rings. The Morgan fingerprint density at radius 2 is 1.52 bits per heavy atom. The van der Waals surface area contributed by atoms with Crippen LogP contribution in [0.3, 0.4) is 0 Å². The second-order valence-corrected chi connectivity index (χ2v) is 17.3. The van der Waals surface area contributed by atoms with Crippen molar-refractivity contribution in [1.82, 2.24) is 9.55 Å². The maximum atomic E-state index is 16.0. The third-order valence-electron chi connectivity index (χ3n) is 8.53. The predicted molar refractivity (Wildman–Crippen MR) is 195 cm³/mol. The lowest BCUT2D eigenvalue weighted by atomic mass is 9.96. The van der Waals surface area contributed by atoms with Gasteiger partial charge in [0.2, 0.25) is 13.0 Å². The number of halogens is 2. The highest BCUT2D eigenvalue weighted by Gasteiger charge is 2.63. The van der Waals surface area contributed by atoms with Gasteiger partial charge in [0.05, 0.1) is 12.0 Å². The number of rotatable bonds is 25. The van der Waals surface area contributed by atoms with Gasteiger partial charge in [-0.05, 0) is 33.3 Å². The number of carbonyl (C=O) groups excluding carboxylic acids is 2. The first-order valence-electron chi connectivity index (χ1n) is 18.8. The molecule has 0 amide bonds. The molecule has 5 atom stereocenters. The van der Waals surface area contributed by atoms with Crippen molar-refractivity contribution >= 4 is 25.6 Å². The van der Waals surface area contributed by atoms with Gasteiger partial charge in [0.25, 0.3) is 0 Å². The zero-order valence-corrected chi connectivity index (χ0v) is 33.8. The minimum Gasteiger partial charge on any atom is -0.453 e. The highest BCUT2D eigenvalue weighted by Crippen LogP contribution is 2.52. The molecule has 2 rings (SSSR count). The molecular formula is C36H62F2N3O12P. The number of nitrogen functional groups attached to an aromatic ring is 1. The van der Waals surface area contributed by atoms with Gasteiger partial charge >= 0.3 is 31.4 Å². The number of carbonyl (C=O) groups is 2. The molecule has 0 bridgehead atoms. The molecule has 312 valence electrons. The number of nitrogens with two attached hydrogens (primary N) is 1. The lowest BCUT2D eigenvalue weighted by molar-refractivity contribution is -0.196. The van der Waals surface area contributed by atoms with Gasteiger partial charge < -0.3 is 29.8 Å². The number of aliphatic hydroxyl groups excluding tert-OH is 1. The molecule has 1 fully saturated rings. The van der Waals surface area contributed by atoms with E-state index >= 15 is 8.78 Å². The number of esters is 2. The van der Waals surface area contributed by atoms with E-state index in [0.29, 0.717) is 17.4 Å². The Kier molecular flexibility index (Phi) is 19.6. The molecule has 1 aliphatic rings. The van der Waals surface area contributed by atoms with Crippen LogP contribution in [0.25, 0.3) is 0 Å². The quantitative estimate of drug-likeness (QED) is 0.0429. The number of anilines is 1. The fourth-order valence-electron chi connectivity index (χ4n) is 5.21. The summed E-state index contributed by atoms with van der Waals surface area (Å²) in [7, 11) is -4.82. The first kappa shape index (κ1) is 47.6. The largest absolute Gasteiger partial charge is 0.479 e. The summed E-state index contributed by atoms with van der Waals surface area (Å²) in [6, 6.07) is 1.11. The third-order valence-corrected chi connectivity index (χ3v) is 9.84. The van der Waals surface area contributed by atoms with Crippen molar-refractivity contribution in [2.24, 2.45) is 10.8 Å². The zero-order valence-electron chi connectivity index (χ0n) is 32.9. The Balaban J connectivity index is 2.13. The van der Waals surface area contributed by atoms with E-state index in [1.807, 2.05) is 0 Å². The van der Waals surface area contributed by atoms with Gasteiger partial charge in [0, 0.05) is 18.0 Å². The molecule has 0 aliphatic carbocycles. The first-order valence-corrected chi connectivity index (χ1v) is 20.3. The fraction of sp³-hybridized carbons (Fsp3) is 0.833. The maximum Gasteiger partial charge on any atom is 0.479 e. The maximum absolute atomic E-state index is 16.0. The lowest BCUT2D eigenvalue weighted by Crippen LogP contribution is -2.44. The molecule has 0 spiro atoms. The second-order valence-electron chi connectivity index (χ2n) is 15.6. The molecule has 2 heterocycles. The Hall–Kier alpha value is -2.53. The lowest BCUT2D eigenvalue weighted by Gasteiger charge is -2.27. The molecule has 4 unspecified atom stereocenters. The molecule has 3 N–H and O–H groups in total. The highest BCUT2D eigenvalue weighted by atomic mass is 31.2. The van der Waals surface area contributed by atoms with Gasteiger partial charge in [-0.25, -0.2) is 13.9 Å². The van der Waals surface area contributed by atoms with Crippen LogP contribution in [0.15, 0.2) is 17.1 Å². The van der Waals surface area contributed by atoms with Crippen molar-refractivity contribution in [3.63, 3.8) is 0 Å². The van der Waals surface area contributed by atoms with E-state index < -0.39 is 87.1 Å². The molecule has 1 aliphatic heterocycles. The van der Waals surface area contributed by atoms with Crippen LogP contribution in [0.1, 0.15) is 138 Å². The molecule has 54 heavy (non-hydrogen) atoms. The van der Waals surface area contributed by atoms with E-state index in [1.165, 1.54) is 38.5 Å². The standard InChI is InChI=1S/C36H62F2N3O12P/c1-8-9-10-11-12-13-14-15-16-17-18-19-20-28(42)53-29-26(52-30(36(29,37)38)41-22-21-27(39)40-33(41)45)23-49-54(46,50-24-47-31(43)34(2,3)4)51-25-48-32(44)35(5,6)7/h21-22,26,29-31,43H,8-20,23-25H2,1-7H3,(H2,39,40,45)/t26?,29-,30?,31?,54?/m1/s1. The SMILES string of the molecule is CCCCCCCCCCCCCCC(=O)O[C@@H]1C(COP(=O)(OCOC(=O)C(C)(C)C)OCOC(O)C(C)(C)C)OC(n2ccc(N)nc2=O)C1(F)F. The molecule has 15 nitrogen and oxygen atoms in total. The van der Waals surface area contributed by atoms with Gasteiger partial charge in [-0.3, -0.25) is 23.2 Å². The number of unbranched alkanes of at least 4 members (excludes halogenated alkanes) is 11. The van der Waals surface area contributed by atoms with Crippen molar-refractivity contribution in [2.45, 2.75) is 163 Å². The van der Waals surface area contributed by atoms with E-state index in [9.17, 15) is 24.1 Å². The summed E-state index contributed by atoms with van der Waals surface area (Å²) in [5.41, 5.74) is 2.66. The molecular weight excluding hydrogens is 735 g/mol. The average molecular weight is 798 g/mol. The van der Waals surface area contributed by atoms with Gasteiger partial charge in [0.1, 0.15) is 11.9 Å². The summed E-state index contributed by atoms with van der Waals surface area (Å²) >= 11 is 0. The Morgan fingerprint density at radius 3 is 2.06 bits per heavy atom. The monoisotopic (exact) mass is 797 g/mol. The summed E-state index contributed by atoms with van der Waals surface area (Å²) in [5.74, 6) is -5.89. The van der Waals surface area contributed by atoms with Crippen molar-refractivity contribution < 1.29 is 60.6 Å². The van der Waals surface area contributed by atoms with Crippen molar-refractivity contribution in [3.05, 3.63) is 22.7 Å². The van der Waals surface area contributed by atoms with Gasteiger partial charge in [-0.15, -0.1) is 0 Å². The van der Waals surface area contributed by atoms with Crippen LogP contribution in [-0.2, 0) is 46.7 Å². The van der Waals surface area contributed by atoms with Crippen molar-refractivity contribution in [1.29, 1.82) is 0 Å². The van der Waals surface area contributed by atoms with E-state index in [-0.39, 0.29) is 12.2 Å². The molecule has 0 aromatic carbocycles. The Morgan fingerprint density at radius 1 is 0.963 bits per heavy atom. The zero-order chi connectivity index (χ0) is 40.6. The third kappa shape index (κ3) is 16.3. The van der Waals surface area contributed by atoms with Crippen molar-refractivity contribution in [2.75, 3.05) is 25.9 Å². The fourth-order valence-corrected chi connectivity index (χ4v) is 6.14. The minimum absolute atomic E-state index is 0.150. The van der Waals surface area contributed by atoms with Gasteiger partial charge in [0.15, 0.2) is 19.2 Å². The van der Waals surface area contributed by atoms with Crippen LogP contribution in [0.2, 0.25) is 0 Å². The number of aromatic nitrogens is 2. The van der Waals surface area contributed by atoms with Crippen LogP contribution in [-0.4, -0.2) is 71.2 Å². The predicted octanol–water partition coefficient (Wildman–Crippen LogP) is 7.40. The number of aliphatic hydroxyl groups is 1. The summed E-state index contributed by atoms with van der Waals surface area (Å²) in [6.07, 6.45) is 5.65. The van der Waals surface area contributed by atoms with E-state index in [2.05, 4.69) is 11.9 Å². The van der Waals surface area contributed by atoms with Crippen LogP contribution in [0, 0.1) is 10.8 Å². The number of hydrogen-bond acceptors (Lipinski definition) is 14. The molecule has 1 aromatic heterocycles. The van der Waals surface area contributed by atoms with Gasteiger partial charge in [-0.2, -0.15) is 13.8 Å². The topological polar surface area (TPSA) is 197 Å². The van der Waals surface area contributed by atoms with Crippen LogP contribution in [0.5, 0.6) is 0 Å². The highest BCUT2D eigenvalue weighted by molar-refractivity contribution is 7.48. The smallest absolute Gasteiger partial charge is 0.453 e. The summed E-state index contributed by atoms with van der Waals surface area (Å²) < 4.78 is 82.8. The van der Waals surface area contributed by atoms with Gasteiger partial charge in [-0.1, -0.05) is 98.3 Å². The van der Waals surface area contributed by atoms with Crippen LogP contribution >= 0.6 is 7.82 Å². The van der Waals surface area contributed by atoms with E-state index in [1.54, 1.807) is 41.5 Å². The molecule has 0 saturated carbocycles. The number of nitrogens with zero attached hydrogens (tertiary/aromatic N) is 2. The summed E-state index contributed by atoms with van der Waals surface area (Å²) in [6.45, 7) is 9.12. The minimum atomic E-state index is -4.82. The van der Waals surface area contributed by atoms with E-state index in [4.69, 9.17) is 38.3 Å². The van der Waals surface area contributed by atoms with E-state index in [0.717, 1.165) is 37.9 Å². The molecule has 1 saturated heterocycles. The van der Waals surface area contributed by atoms with Crippen LogP contribution in [0.4, 0.5) is 14.6 Å². The Labute approximate surface area is 317 Å². The number of phosphoric ester groups is 1. The summed E-state index contributed by atoms with van der Waals surface area (Å²) in [5, 5.41) is 10.2. The first-order chi connectivity index (χ1) is 25.2. The van der Waals surface area contributed by atoms with Crippen LogP contribution < -0.4 is 11.4 Å². The normalized spacial score (nSPS) is 20.4. The molecule has 0 radical (unpaired) electrons. The van der Waals surface area contributed by atoms with Crippen molar-refractivity contribution in [3.8, 4) is 0 Å². The second kappa shape index (κ2) is 22.3. The number of ether oxygens (including phenoxy) is 4. The molecule has 18 heteroatoms.